The number of halogens is 1. The number of amides is 1. The molecule has 1 amide bonds. The number of ether oxygens (including phenoxy) is 1. The zero-order valence-corrected chi connectivity index (χ0v) is 24.6. The molecule has 2 N–H and O–H groups in total. The normalized spacial score (nSPS) is 13.4. The number of fused-ring (bicyclic) bond motifs is 3. The summed E-state index contributed by atoms with van der Waals surface area (Å²) in [5.74, 6) is 0.0146. The zero-order chi connectivity index (χ0) is 29.6. The van der Waals surface area contributed by atoms with Crippen LogP contribution in [0, 0.1) is 0 Å². The summed E-state index contributed by atoms with van der Waals surface area (Å²) in [5.41, 5.74) is 8.04. The Morgan fingerprint density at radius 1 is 0.744 bits per heavy atom. The van der Waals surface area contributed by atoms with E-state index in [0.29, 0.717) is 18.1 Å². The van der Waals surface area contributed by atoms with Gasteiger partial charge in [0.1, 0.15) is 6.61 Å². The number of carbonyl (C=O) groups is 1. The first-order chi connectivity index (χ1) is 21.1. The van der Waals surface area contributed by atoms with E-state index in [4.69, 9.17) is 16.3 Å². The summed E-state index contributed by atoms with van der Waals surface area (Å²) in [7, 11) is 0. The van der Waals surface area contributed by atoms with Gasteiger partial charge >= 0.3 is 6.09 Å². The third-order valence-electron chi connectivity index (χ3n) is 8.19. The van der Waals surface area contributed by atoms with Crippen molar-refractivity contribution in [2.45, 2.75) is 11.5 Å². The SMILES string of the molecule is C=Cc1ccc(C(NCCNC(=O)OCC2c3ccccc3-c3ccccc32)(c2ccccc2)c2ccccc2Cl)cc1. The van der Waals surface area contributed by atoms with Crippen LogP contribution < -0.4 is 10.6 Å². The quantitative estimate of drug-likeness (QED) is 0.128. The molecule has 0 spiro atoms. The molecule has 5 aromatic rings. The van der Waals surface area contributed by atoms with Crippen molar-refractivity contribution in [1.82, 2.24) is 10.6 Å². The maximum atomic E-state index is 12.9. The van der Waals surface area contributed by atoms with E-state index >= 15 is 0 Å². The first-order valence-corrected chi connectivity index (χ1v) is 14.9. The van der Waals surface area contributed by atoms with Crippen LogP contribution in [-0.4, -0.2) is 25.8 Å². The van der Waals surface area contributed by atoms with Crippen molar-refractivity contribution in [3.63, 3.8) is 0 Å². The minimum atomic E-state index is -0.762. The molecule has 1 atom stereocenters. The van der Waals surface area contributed by atoms with Crippen molar-refractivity contribution in [2.75, 3.05) is 19.7 Å². The van der Waals surface area contributed by atoms with Crippen molar-refractivity contribution in [2.24, 2.45) is 0 Å². The molecule has 5 aromatic carbocycles. The van der Waals surface area contributed by atoms with Crippen LogP contribution in [0.3, 0.4) is 0 Å². The molecule has 0 aromatic heterocycles. The van der Waals surface area contributed by atoms with E-state index < -0.39 is 11.6 Å². The smallest absolute Gasteiger partial charge is 0.407 e. The molecule has 4 nitrogen and oxygen atoms in total. The zero-order valence-electron chi connectivity index (χ0n) is 23.8. The van der Waals surface area contributed by atoms with Crippen LogP contribution in [0.25, 0.3) is 17.2 Å². The Hall–Kier alpha value is -4.64. The van der Waals surface area contributed by atoms with Gasteiger partial charge in [-0.1, -0.05) is 146 Å². The first-order valence-electron chi connectivity index (χ1n) is 14.5. The third-order valence-corrected chi connectivity index (χ3v) is 8.52. The Bertz CT molecular complexity index is 1690. The maximum Gasteiger partial charge on any atom is 0.407 e. The predicted octanol–water partition coefficient (Wildman–Crippen LogP) is 8.40. The Morgan fingerprint density at radius 2 is 1.33 bits per heavy atom. The summed E-state index contributed by atoms with van der Waals surface area (Å²) < 4.78 is 5.76. The summed E-state index contributed by atoms with van der Waals surface area (Å²) in [5, 5.41) is 7.35. The summed E-state index contributed by atoms with van der Waals surface area (Å²) in [6.07, 6.45) is 1.39. The van der Waals surface area contributed by atoms with Crippen molar-refractivity contribution in [1.29, 1.82) is 0 Å². The molecule has 43 heavy (non-hydrogen) atoms. The lowest BCUT2D eigenvalue weighted by Gasteiger charge is -2.38. The standard InChI is InChI=1S/C38H33ClN2O2/c1-2-27-20-22-29(23-21-27)38(28-12-4-3-5-13-28,35-18-10-11-19-36(35)39)41-25-24-40-37(42)43-26-34-32-16-8-6-14-30(32)31-15-7-9-17-33(31)34/h2-23,34,41H,1,24-26H2,(H,40,42). The highest BCUT2D eigenvalue weighted by molar-refractivity contribution is 6.31. The molecule has 1 aliphatic rings. The Labute approximate surface area is 258 Å². The monoisotopic (exact) mass is 584 g/mol. The van der Waals surface area contributed by atoms with E-state index in [1.54, 1.807) is 0 Å². The topological polar surface area (TPSA) is 50.4 Å². The van der Waals surface area contributed by atoms with Crippen LogP contribution in [-0.2, 0) is 10.3 Å². The average Bonchev–Trinajstić information content (AvgIpc) is 3.38. The van der Waals surface area contributed by atoms with Gasteiger partial charge in [0.25, 0.3) is 0 Å². The van der Waals surface area contributed by atoms with Crippen LogP contribution >= 0.6 is 11.6 Å². The minimum Gasteiger partial charge on any atom is -0.449 e. The first kappa shape index (κ1) is 28.5. The lowest BCUT2D eigenvalue weighted by molar-refractivity contribution is 0.143. The highest BCUT2D eigenvalue weighted by atomic mass is 35.5. The number of benzene rings is 5. The summed E-state index contributed by atoms with van der Waals surface area (Å²) in [6.45, 7) is 5.01. The largest absolute Gasteiger partial charge is 0.449 e. The van der Waals surface area contributed by atoms with E-state index in [1.165, 1.54) is 22.3 Å². The molecule has 0 radical (unpaired) electrons. The maximum absolute atomic E-state index is 12.9. The molecule has 5 heteroatoms. The average molecular weight is 585 g/mol. The van der Waals surface area contributed by atoms with Gasteiger partial charge in [-0.25, -0.2) is 4.79 Å². The van der Waals surface area contributed by atoms with Gasteiger partial charge in [0.2, 0.25) is 0 Å². The second-order valence-corrected chi connectivity index (χ2v) is 11.0. The number of hydrogen-bond donors (Lipinski definition) is 2. The van der Waals surface area contributed by atoms with Crippen molar-refractivity contribution in [3.05, 3.63) is 172 Å². The molecule has 0 bridgehead atoms. The second kappa shape index (κ2) is 12.7. The van der Waals surface area contributed by atoms with Gasteiger partial charge < -0.3 is 10.1 Å². The number of alkyl carbamates (subject to hydrolysis) is 1. The molecule has 6 rings (SSSR count). The fourth-order valence-corrected chi connectivity index (χ4v) is 6.44. The lowest BCUT2D eigenvalue weighted by Crippen LogP contribution is -2.47. The molecule has 0 fully saturated rings. The fraction of sp³-hybridized carbons (Fsp3) is 0.132. The van der Waals surface area contributed by atoms with Crippen LogP contribution in [0.5, 0.6) is 0 Å². The van der Waals surface area contributed by atoms with Gasteiger partial charge in [0.15, 0.2) is 0 Å². The van der Waals surface area contributed by atoms with E-state index in [1.807, 2.05) is 84.9 Å². The number of carbonyl (C=O) groups excluding carboxylic acids is 1. The van der Waals surface area contributed by atoms with Gasteiger partial charge in [-0.2, -0.15) is 0 Å². The van der Waals surface area contributed by atoms with Gasteiger partial charge in [-0.3, -0.25) is 5.32 Å². The predicted molar refractivity (Wildman–Crippen MR) is 175 cm³/mol. The summed E-state index contributed by atoms with van der Waals surface area (Å²) in [6, 6.07) is 43.0. The minimum absolute atomic E-state index is 0.0146. The van der Waals surface area contributed by atoms with Gasteiger partial charge in [0, 0.05) is 24.0 Å². The molecule has 214 valence electrons. The van der Waals surface area contributed by atoms with E-state index in [0.717, 1.165) is 22.3 Å². The second-order valence-electron chi connectivity index (χ2n) is 10.6. The van der Waals surface area contributed by atoms with Crippen LogP contribution in [0.1, 0.15) is 39.3 Å². The number of nitrogens with one attached hydrogen (secondary N) is 2. The molecular formula is C38H33ClN2O2. The van der Waals surface area contributed by atoms with Gasteiger partial charge in [0.05, 0.1) is 5.54 Å². The lowest BCUT2D eigenvalue weighted by atomic mass is 9.76. The van der Waals surface area contributed by atoms with Crippen molar-refractivity contribution in [3.8, 4) is 11.1 Å². The van der Waals surface area contributed by atoms with E-state index in [9.17, 15) is 4.79 Å². The van der Waals surface area contributed by atoms with E-state index in [-0.39, 0.29) is 12.5 Å². The Kier molecular flexibility index (Phi) is 8.41. The van der Waals surface area contributed by atoms with Gasteiger partial charge in [-0.05, 0) is 50.6 Å². The Balaban J connectivity index is 1.19. The highest BCUT2D eigenvalue weighted by Crippen LogP contribution is 2.44. The van der Waals surface area contributed by atoms with Crippen LogP contribution in [0.2, 0.25) is 5.02 Å². The third kappa shape index (κ3) is 5.60. The molecule has 1 unspecified atom stereocenters. The fourth-order valence-electron chi connectivity index (χ4n) is 6.16. The molecule has 1 aliphatic carbocycles. The van der Waals surface area contributed by atoms with E-state index in [2.05, 4.69) is 65.7 Å². The molecule has 0 heterocycles. The molecule has 0 saturated carbocycles. The molecule has 0 saturated heterocycles. The number of hydrogen-bond acceptors (Lipinski definition) is 3. The highest BCUT2D eigenvalue weighted by Gasteiger charge is 2.37. The molecule has 0 aliphatic heterocycles. The van der Waals surface area contributed by atoms with Gasteiger partial charge in [-0.15, -0.1) is 0 Å². The van der Waals surface area contributed by atoms with Crippen LogP contribution in [0.4, 0.5) is 4.79 Å². The molecular weight excluding hydrogens is 552 g/mol. The summed E-state index contributed by atoms with van der Waals surface area (Å²) >= 11 is 6.86. The Morgan fingerprint density at radius 3 is 1.98 bits per heavy atom. The van der Waals surface area contributed by atoms with Crippen LogP contribution in [0.15, 0.2) is 134 Å². The summed E-state index contributed by atoms with van der Waals surface area (Å²) in [4.78, 5) is 12.9. The van der Waals surface area contributed by atoms with Crippen molar-refractivity contribution >= 4 is 23.8 Å². The van der Waals surface area contributed by atoms with Crippen molar-refractivity contribution < 1.29 is 9.53 Å². The number of rotatable bonds is 10.